The monoisotopic (exact) mass is 721 g/mol. The van der Waals surface area contributed by atoms with E-state index >= 15 is 4.39 Å². The molecule has 51 heavy (non-hydrogen) atoms. The predicted octanol–water partition coefficient (Wildman–Crippen LogP) is 6.76. The number of methoxy groups -OCH3 is 1. The second-order valence-electron chi connectivity index (χ2n) is 13.4. The molecule has 0 radical (unpaired) electrons. The molecule has 2 unspecified atom stereocenters. The van der Waals surface area contributed by atoms with Gasteiger partial charge in [-0.2, -0.15) is 4.98 Å². The van der Waals surface area contributed by atoms with Crippen molar-refractivity contribution in [2.45, 2.75) is 63.8 Å². The van der Waals surface area contributed by atoms with E-state index in [9.17, 15) is 14.2 Å². The van der Waals surface area contributed by atoms with Gasteiger partial charge in [-0.3, -0.25) is 18.4 Å². The Bertz CT molecular complexity index is 1900. The Morgan fingerprint density at radius 2 is 1.61 bits per heavy atom. The number of phosphoric acid groups is 1. The second kappa shape index (κ2) is 14.3. The van der Waals surface area contributed by atoms with E-state index < -0.39 is 61.3 Å². The molecule has 0 aliphatic carbocycles. The molecule has 0 bridgehead atoms. The summed E-state index contributed by atoms with van der Waals surface area (Å²) in [4.78, 5) is 30.2. The number of esters is 1. The van der Waals surface area contributed by atoms with Crippen LogP contribution in [-0.2, 0) is 37.9 Å². The molecule has 6 rings (SSSR count). The van der Waals surface area contributed by atoms with Gasteiger partial charge in [-0.05, 0) is 62.1 Å². The normalized spacial score (nSPS) is 24.8. The topological polar surface area (TPSA) is 136 Å². The lowest BCUT2D eigenvalue weighted by Gasteiger charge is -2.39. The molecule has 12 nitrogen and oxygen atoms in total. The minimum Gasteiger partial charge on any atom is -0.497 e. The van der Waals surface area contributed by atoms with E-state index in [1.165, 1.54) is 6.20 Å². The summed E-state index contributed by atoms with van der Waals surface area (Å²) in [5, 5.41) is 3.53. The van der Waals surface area contributed by atoms with Gasteiger partial charge in [0.1, 0.15) is 28.8 Å². The smallest absolute Gasteiger partial charge is 0.478 e. The minimum atomic E-state index is -4.36. The van der Waals surface area contributed by atoms with Gasteiger partial charge < -0.3 is 19.5 Å². The Hall–Kier alpha value is -4.39. The van der Waals surface area contributed by atoms with Gasteiger partial charge in [-0.1, -0.05) is 79.7 Å². The highest BCUT2D eigenvalue weighted by molar-refractivity contribution is 7.48. The van der Waals surface area contributed by atoms with Gasteiger partial charge in [-0.15, -0.1) is 0 Å². The molecule has 2 aliphatic rings. The Morgan fingerprint density at radius 1 is 1.00 bits per heavy atom. The van der Waals surface area contributed by atoms with Crippen molar-refractivity contribution in [3.05, 3.63) is 124 Å². The van der Waals surface area contributed by atoms with Crippen LogP contribution in [-0.4, -0.2) is 53.9 Å². The predicted molar refractivity (Wildman–Crippen MR) is 186 cm³/mol. The Labute approximate surface area is 295 Å². The number of hydrogen-bond acceptors (Lipinski definition) is 11. The first-order chi connectivity index (χ1) is 24.3. The van der Waals surface area contributed by atoms with Crippen molar-refractivity contribution in [2.75, 3.05) is 25.8 Å². The molecule has 1 aromatic heterocycles. The van der Waals surface area contributed by atoms with Crippen molar-refractivity contribution < 1.29 is 41.5 Å². The van der Waals surface area contributed by atoms with E-state index in [2.05, 4.69) is 10.3 Å². The third-order valence-corrected chi connectivity index (χ3v) is 10.5. The van der Waals surface area contributed by atoms with Gasteiger partial charge in [0.05, 0.1) is 19.1 Å². The molecule has 2 aliphatic heterocycles. The Balaban J connectivity index is 1.30. The molecule has 0 saturated carbocycles. The van der Waals surface area contributed by atoms with Crippen molar-refractivity contribution in [1.82, 2.24) is 9.55 Å². The summed E-state index contributed by atoms with van der Waals surface area (Å²) in [7, 11) is -2.76. The number of halogens is 1. The molecule has 0 spiro atoms. The van der Waals surface area contributed by atoms with E-state index in [1.807, 2.05) is 84.9 Å². The van der Waals surface area contributed by atoms with Crippen LogP contribution in [0.15, 0.2) is 102 Å². The van der Waals surface area contributed by atoms with Crippen LogP contribution in [0, 0.1) is 5.41 Å². The first kappa shape index (κ1) is 36.4. The maximum atomic E-state index is 16.3. The summed E-state index contributed by atoms with van der Waals surface area (Å²) in [6.45, 7) is 5.60. The van der Waals surface area contributed by atoms with Crippen LogP contribution in [0.5, 0.6) is 5.75 Å². The third kappa shape index (κ3) is 7.09. The standard InChI is InChI=1S/C37H41FN3O9P/c1-6-36-23-47-51(44,48-24-46-33(42)35(2,3)4)50-31(36)30(38)32(49-36)41-22-21-29(39-34(41)43)40-37(25-13-9-7-10-14-25,26-15-11-8-12-16-26)27-17-19-28(45-5)20-18-27/h7-22,30-32H,6,23-24H2,1-5H3,(H,39,40,43)/t30-,31?,32-,36-,51?/m1/s1. The zero-order valence-electron chi connectivity index (χ0n) is 29.0. The SMILES string of the molecule is CC[C@@]12COP(=O)(OCOC(=O)C(C)(C)C)OC1[C@@H](F)[C@H](n1ccc(NC(c3ccccc3)(c3ccccc3)c3ccc(OC)cc3)nc1=O)O2. The lowest BCUT2D eigenvalue weighted by atomic mass is 9.77. The van der Waals surface area contributed by atoms with Crippen molar-refractivity contribution in [3.8, 4) is 5.75 Å². The van der Waals surface area contributed by atoms with Gasteiger partial charge in [0, 0.05) is 6.20 Å². The summed E-state index contributed by atoms with van der Waals surface area (Å²) >= 11 is 0. The molecular weight excluding hydrogens is 680 g/mol. The molecule has 3 aromatic carbocycles. The van der Waals surface area contributed by atoms with E-state index in [0.29, 0.717) is 5.75 Å². The number of nitrogens with one attached hydrogen (secondary N) is 1. The summed E-state index contributed by atoms with van der Waals surface area (Å²) < 4.78 is 63.4. The van der Waals surface area contributed by atoms with Crippen molar-refractivity contribution in [1.29, 1.82) is 0 Å². The number of carbonyl (C=O) groups is 1. The summed E-state index contributed by atoms with van der Waals surface area (Å²) in [6, 6.07) is 28.7. The van der Waals surface area contributed by atoms with Crippen LogP contribution in [0.3, 0.4) is 0 Å². The molecule has 3 heterocycles. The van der Waals surface area contributed by atoms with Gasteiger partial charge in [0.25, 0.3) is 0 Å². The highest BCUT2D eigenvalue weighted by atomic mass is 31.2. The van der Waals surface area contributed by atoms with Gasteiger partial charge in [0.2, 0.25) is 6.79 Å². The number of anilines is 1. The summed E-state index contributed by atoms with van der Waals surface area (Å²) in [5.74, 6) is 0.303. The van der Waals surface area contributed by atoms with E-state index in [0.717, 1.165) is 21.3 Å². The van der Waals surface area contributed by atoms with E-state index in [1.54, 1.807) is 40.9 Å². The maximum Gasteiger partial charge on any atom is 0.478 e. The number of phosphoric ester groups is 1. The number of benzene rings is 3. The van der Waals surface area contributed by atoms with Crippen LogP contribution in [0.1, 0.15) is 57.0 Å². The Kier molecular flexibility index (Phi) is 10.2. The first-order valence-electron chi connectivity index (χ1n) is 16.5. The molecule has 2 saturated heterocycles. The van der Waals surface area contributed by atoms with Crippen molar-refractivity contribution in [3.63, 3.8) is 0 Å². The second-order valence-corrected chi connectivity index (χ2v) is 15.0. The van der Waals surface area contributed by atoms with Crippen LogP contribution < -0.4 is 15.7 Å². The fraction of sp³-hybridized carbons (Fsp3) is 0.378. The molecule has 5 atom stereocenters. The maximum absolute atomic E-state index is 16.3. The number of aromatic nitrogens is 2. The molecule has 2 fully saturated rings. The molecule has 14 heteroatoms. The molecule has 270 valence electrons. The number of ether oxygens (including phenoxy) is 3. The average Bonchev–Trinajstić information content (AvgIpc) is 3.42. The number of nitrogens with zero attached hydrogens (tertiary/aromatic N) is 2. The van der Waals surface area contributed by atoms with E-state index in [4.69, 9.17) is 27.8 Å². The quantitative estimate of drug-likeness (QED) is 0.0762. The van der Waals surface area contributed by atoms with Gasteiger partial charge in [-0.25, -0.2) is 18.3 Å². The number of fused-ring (bicyclic) bond motifs is 1. The fourth-order valence-corrected chi connectivity index (χ4v) is 7.61. The van der Waals surface area contributed by atoms with Crippen LogP contribution in [0.2, 0.25) is 0 Å². The number of rotatable bonds is 11. The van der Waals surface area contributed by atoms with Crippen LogP contribution in [0.4, 0.5) is 10.2 Å². The van der Waals surface area contributed by atoms with Crippen LogP contribution >= 0.6 is 7.82 Å². The minimum absolute atomic E-state index is 0.202. The number of hydrogen-bond donors (Lipinski definition) is 1. The van der Waals surface area contributed by atoms with Gasteiger partial charge >= 0.3 is 19.5 Å². The molecule has 1 N–H and O–H groups in total. The Morgan fingerprint density at radius 3 is 2.16 bits per heavy atom. The molecule has 4 aromatic rings. The first-order valence-corrected chi connectivity index (χ1v) is 18.0. The van der Waals surface area contributed by atoms with Crippen molar-refractivity contribution in [2.24, 2.45) is 5.41 Å². The highest BCUT2D eigenvalue weighted by Gasteiger charge is 2.63. The summed E-state index contributed by atoms with van der Waals surface area (Å²) in [6.07, 6.45) is -3.27. The van der Waals surface area contributed by atoms with E-state index in [-0.39, 0.29) is 18.8 Å². The molecular formula is C37H41FN3O9P. The largest absolute Gasteiger partial charge is 0.497 e. The summed E-state index contributed by atoms with van der Waals surface area (Å²) in [5.41, 5.74) is -1.42. The van der Waals surface area contributed by atoms with Gasteiger partial charge in [0.15, 0.2) is 12.4 Å². The zero-order chi connectivity index (χ0) is 36.4. The number of alkyl halides is 1. The van der Waals surface area contributed by atoms with Crippen molar-refractivity contribution >= 4 is 19.6 Å². The lowest BCUT2D eigenvalue weighted by Crippen LogP contribution is -2.49. The lowest BCUT2D eigenvalue weighted by molar-refractivity contribution is -0.167. The average molecular weight is 722 g/mol. The fourth-order valence-electron chi connectivity index (χ4n) is 6.27. The zero-order valence-corrected chi connectivity index (χ0v) is 29.9. The third-order valence-electron chi connectivity index (χ3n) is 9.11. The molecule has 0 amide bonds. The highest BCUT2D eigenvalue weighted by Crippen LogP contribution is 2.60. The van der Waals surface area contributed by atoms with Crippen LogP contribution in [0.25, 0.3) is 0 Å². The number of carbonyl (C=O) groups excluding carboxylic acids is 1.